The fourth-order valence-electron chi connectivity index (χ4n) is 1.66. The monoisotopic (exact) mass is 265 g/mol. The van der Waals surface area contributed by atoms with Crippen LogP contribution in [-0.2, 0) is 6.54 Å². The lowest BCUT2D eigenvalue weighted by molar-refractivity contribution is 0.0947. The summed E-state index contributed by atoms with van der Waals surface area (Å²) in [7, 11) is 0. The van der Waals surface area contributed by atoms with Crippen LogP contribution in [0.15, 0.2) is 36.9 Å². The van der Waals surface area contributed by atoms with Crippen LogP contribution in [0.3, 0.4) is 0 Å². The van der Waals surface area contributed by atoms with Gasteiger partial charge >= 0.3 is 0 Å². The molecule has 4 nitrogen and oxygen atoms in total. The Labute approximate surface area is 109 Å². The van der Waals surface area contributed by atoms with Crippen LogP contribution in [0.25, 0.3) is 0 Å². The van der Waals surface area contributed by atoms with Gasteiger partial charge in [0.05, 0.1) is 11.9 Å². The molecule has 0 unspecified atom stereocenters. The molecule has 0 atom stereocenters. The average Bonchev–Trinajstić information content (AvgIpc) is 2.91. The number of hydrogen-bond donors (Lipinski definition) is 1. The zero-order chi connectivity index (χ0) is 13.7. The smallest absolute Gasteiger partial charge is 0.254 e. The van der Waals surface area contributed by atoms with Crippen LogP contribution in [0.1, 0.15) is 16.8 Å². The van der Waals surface area contributed by atoms with E-state index < -0.39 is 17.5 Å². The van der Waals surface area contributed by atoms with Crippen molar-refractivity contribution in [1.82, 2.24) is 14.9 Å². The van der Waals surface area contributed by atoms with Crippen LogP contribution in [-0.4, -0.2) is 22.0 Å². The molecule has 1 amide bonds. The van der Waals surface area contributed by atoms with Gasteiger partial charge < -0.3 is 9.88 Å². The molecule has 0 aliphatic heterocycles. The summed E-state index contributed by atoms with van der Waals surface area (Å²) in [5.74, 6) is -2.75. The molecule has 2 rings (SSSR count). The van der Waals surface area contributed by atoms with Crippen molar-refractivity contribution in [3.05, 3.63) is 54.1 Å². The lowest BCUT2D eigenvalue weighted by Crippen LogP contribution is -2.26. The van der Waals surface area contributed by atoms with Gasteiger partial charge in [0.15, 0.2) is 11.6 Å². The van der Waals surface area contributed by atoms with E-state index in [-0.39, 0.29) is 5.56 Å². The fourth-order valence-corrected chi connectivity index (χ4v) is 1.66. The van der Waals surface area contributed by atoms with Gasteiger partial charge in [-0.25, -0.2) is 13.8 Å². The van der Waals surface area contributed by atoms with Crippen molar-refractivity contribution in [2.24, 2.45) is 0 Å². The van der Waals surface area contributed by atoms with Crippen molar-refractivity contribution in [2.75, 3.05) is 6.54 Å². The van der Waals surface area contributed by atoms with Gasteiger partial charge in [-0.3, -0.25) is 4.79 Å². The summed E-state index contributed by atoms with van der Waals surface area (Å²) in [6, 6.07) is 3.54. The Bertz CT molecular complexity index is 555. The Balaban J connectivity index is 1.83. The molecular weight excluding hydrogens is 252 g/mol. The van der Waals surface area contributed by atoms with Crippen LogP contribution in [0, 0.1) is 11.6 Å². The second-order valence-electron chi connectivity index (χ2n) is 4.01. The zero-order valence-corrected chi connectivity index (χ0v) is 10.1. The lowest BCUT2D eigenvalue weighted by Gasteiger charge is -2.06. The number of carbonyl (C=O) groups excluding carboxylic acids is 1. The second kappa shape index (κ2) is 6.08. The van der Waals surface area contributed by atoms with Crippen LogP contribution in [0.4, 0.5) is 8.78 Å². The highest BCUT2D eigenvalue weighted by Gasteiger charge is 2.14. The number of nitrogens with zero attached hydrogens (tertiary/aromatic N) is 2. The minimum absolute atomic E-state index is 0.275. The molecule has 1 N–H and O–H groups in total. The summed E-state index contributed by atoms with van der Waals surface area (Å²) in [6.07, 6.45) is 5.84. The lowest BCUT2D eigenvalue weighted by atomic mass is 10.2. The third kappa shape index (κ3) is 3.37. The summed E-state index contributed by atoms with van der Waals surface area (Å²) in [5.41, 5.74) is -0.275. The topological polar surface area (TPSA) is 46.9 Å². The standard InChI is InChI=1S/C13H13F2N3O/c14-11-4-1-3-10(12(11)15)13(19)17-5-2-7-18-8-6-16-9-18/h1,3-4,6,8-9H,2,5,7H2,(H,17,19). The normalized spacial score (nSPS) is 10.4. The molecule has 0 aliphatic rings. The van der Waals surface area contributed by atoms with Crippen LogP contribution < -0.4 is 5.32 Å². The van der Waals surface area contributed by atoms with E-state index in [1.54, 1.807) is 12.5 Å². The van der Waals surface area contributed by atoms with Crippen LogP contribution in [0.2, 0.25) is 0 Å². The van der Waals surface area contributed by atoms with E-state index in [9.17, 15) is 13.6 Å². The minimum atomic E-state index is -1.12. The molecule has 19 heavy (non-hydrogen) atoms. The van der Waals surface area contributed by atoms with E-state index in [4.69, 9.17) is 0 Å². The van der Waals surface area contributed by atoms with Crippen molar-refractivity contribution >= 4 is 5.91 Å². The predicted molar refractivity (Wildman–Crippen MR) is 65.5 cm³/mol. The number of amides is 1. The van der Waals surface area contributed by atoms with Crippen molar-refractivity contribution in [1.29, 1.82) is 0 Å². The van der Waals surface area contributed by atoms with Gasteiger partial charge in [-0.15, -0.1) is 0 Å². The van der Waals surface area contributed by atoms with Gasteiger partial charge in [0, 0.05) is 25.5 Å². The van der Waals surface area contributed by atoms with Crippen LogP contribution >= 0.6 is 0 Å². The highest BCUT2D eigenvalue weighted by molar-refractivity contribution is 5.94. The Morgan fingerprint density at radius 3 is 2.95 bits per heavy atom. The molecule has 0 radical (unpaired) electrons. The molecule has 0 fully saturated rings. The first-order valence-electron chi connectivity index (χ1n) is 5.86. The van der Waals surface area contributed by atoms with Gasteiger partial charge in [-0.1, -0.05) is 6.07 Å². The number of benzene rings is 1. The highest BCUT2D eigenvalue weighted by atomic mass is 19.2. The molecule has 100 valence electrons. The molecule has 1 aromatic carbocycles. The Morgan fingerprint density at radius 2 is 2.21 bits per heavy atom. The Kier molecular flexibility index (Phi) is 4.22. The van der Waals surface area contributed by atoms with Gasteiger partial charge in [0.2, 0.25) is 0 Å². The maximum Gasteiger partial charge on any atom is 0.254 e. The van der Waals surface area contributed by atoms with E-state index in [0.29, 0.717) is 19.5 Å². The number of hydrogen-bond acceptors (Lipinski definition) is 2. The van der Waals surface area contributed by atoms with Gasteiger partial charge in [-0.2, -0.15) is 0 Å². The van der Waals surface area contributed by atoms with E-state index in [1.807, 2.05) is 10.8 Å². The van der Waals surface area contributed by atoms with Crippen molar-refractivity contribution < 1.29 is 13.6 Å². The highest BCUT2D eigenvalue weighted by Crippen LogP contribution is 2.10. The molecular formula is C13H13F2N3O. The summed E-state index contributed by atoms with van der Waals surface area (Å²) in [4.78, 5) is 15.5. The van der Waals surface area contributed by atoms with E-state index in [1.165, 1.54) is 12.1 Å². The van der Waals surface area contributed by atoms with Gasteiger partial charge in [0.25, 0.3) is 5.91 Å². The minimum Gasteiger partial charge on any atom is -0.352 e. The Morgan fingerprint density at radius 1 is 1.37 bits per heavy atom. The van der Waals surface area contributed by atoms with Gasteiger partial charge in [-0.05, 0) is 18.6 Å². The largest absolute Gasteiger partial charge is 0.352 e. The first kappa shape index (κ1) is 13.2. The third-order valence-corrected chi connectivity index (χ3v) is 2.63. The van der Waals surface area contributed by atoms with E-state index >= 15 is 0 Å². The number of nitrogens with one attached hydrogen (secondary N) is 1. The molecule has 2 aromatic rings. The number of imidazole rings is 1. The predicted octanol–water partition coefficient (Wildman–Crippen LogP) is 1.98. The molecule has 0 saturated heterocycles. The maximum atomic E-state index is 13.3. The first-order chi connectivity index (χ1) is 9.18. The van der Waals surface area contributed by atoms with Crippen molar-refractivity contribution in [3.8, 4) is 0 Å². The van der Waals surface area contributed by atoms with Crippen LogP contribution in [0.5, 0.6) is 0 Å². The number of rotatable bonds is 5. The molecule has 6 heteroatoms. The van der Waals surface area contributed by atoms with Gasteiger partial charge in [0.1, 0.15) is 0 Å². The van der Waals surface area contributed by atoms with E-state index in [2.05, 4.69) is 10.3 Å². The molecule has 0 spiro atoms. The Hall–Kier alpha value is -2.24. The molecule has 1 heterocycles. The second-order valence-corrected chi connectivity index (χ2v) is 4.01. The number of aromatic nitrogens is 2. The molecule has 0 saturated carbocycles. The average molecular weight is 265 g/mol. The first-order valence-corrected chi connectivity index (χ1v) is 5.86. The quantitative estimate of drug-likeness (QED) is 0.840. The maximum absolute atomic E-state index is 13.3. The molecule has 1 aromatic heterocycles. The zero-order valence-electron chi connectivity index (χ0n) is 10.1. The van der Waals surface area contributed by atoms with Crippen molar-refractivity contribution in [3.63, 3.8) is 0 Å². The summed E-state index contributed by atoms with van der Waals surface area (Å²) < 4.78 is 28.2. The molecule has 0 bridgehead atoms. The summed E-state index contributed by atoms with van der Waals surface area (Å²) in [6.45, 7) is 1.08. The molecule has 0 aliphatic carbocycles. The fraction of sp³-hybridized carbons (Fsp3) is 0.231. The SMILES string of the molecule is O=C(NCCCn1ccnc1)c1cccc(F)c1F. The summed E-state index contributed by atoms with van der Waals surface area (Å²) in [5, 5.41) is 2.55. The summed E-state index contributed by atoms with van der Waals surface area (Å²) >= 11 is 0. The van der Waals surface area contributed by atoms with Crippen molar-refractivity contribution in [2.45, 2.75) is 13.0 Å². The number of aryl methyl sites for hydroxylation is 1. The number of carbonyl (C=O) groups is 1. The number of halogens is 2. The third-order valence-electron chi connectivity index (χ3n) is 2.63. The van der Waals surface area contributed by atoms with E-state index in [0.717, 1.165) is 6.07 Å².